The maximum absolute atomic E-state index is 11.4. The van der Waals surface area contributed by atoms with E-state index in [-0.39, 0.29) is 11.6 Å². The lowest BCUT2D eigenvalue weighted by atomic mass is 9.90. The van der Waals surface area contributed by atoms with Gasteiger partial charge in [0.1, 0.15) is 0 Å². The van der Waals surface area contributed by atoms with Crippen LogP contribution in [-0.2, 0) is 17.8 Å². The molecule has 1 N–H and O–H groups in total. The van der Waals surface area contributed by atoms with Crippen molar-refractivity contribution in [2.45, 2.75) is 50.4 Å². The average Bonchev–Trinajstić information content (AvgIpc) is 3.01. The van der Waals surface area contributed by atoms with E-state index in [1.165, 1.54) is 11.1 Å². The largest absolute Gasteiger partial charge is 0.465 e. The second kappa shape index (κ2) is 4.71. The number of fused-ring (bicyclic) bond motifs is 1. The lowest BCUT2D eigenvalue weighted by Gasteiger charge is -2.31. The van der Waals surface area contributed by atoms with Crippen molar-refractivity contribution in [1.29, 1.82) is 0 Å². The maximum Gasteiger partial charge on any atom is 0.407 e. The Labute approximate surface area is 132 Å². The van der Waals surface area contributed by atoms with Crippen molar-refractivity contribution >= 4 is 22.0 Å². The molecule has 2 aliphatic heterocycles. The SMILES string of the molecule is O=C(O)N1CCC[C@H]1c1cc(Br)cc2c1COC1(CC1)C2. The molecule has 1 amide bonds. The molecule has 112 valence electrons. The number of carbonyl (C=O) groups is 1. The van der Waals surface area contributed by atoms with Gasteiger partial charge < -0.3 is 14.7 Å². The van der Waals surface area contributed by atoms with Crippen molar-refractivity contribution in [2.75, 3.05) is 6.54 Å². The number of benzene rings is 1. The van der Waals surface area contributed by atoms with Gasteiger partial charge in [0.05, 0.1) is 18.2 Å². The Morgan fingerprint density at radius 1 is 1.43 bits per heavy atom. The van der Waals surface area contributed by atoms with Crippen LogP contribution in [0.15, 0.2) is 16.6 Å². The highest BCUT2D eigenvalue weighted by Gasteiger charge is 2.47. The molecule has 0 unspecified atom stereocenters. The van der Waals surface area contributed by atoms with Gasteiger partial charge in [0.25, 0.3) is 0 Å². The molecular formula is C16H18BrNO3. The Kier molecular flexibility index (Phi) is 3.05. The van der Waals surface area contributed by atoms with Crippen LogP contribution in [0.3, 0.4) is 0 Å². The smallest absolute Gasteiger partial charge is 0.407 e. The number of amides is 1. The zero-order valence-corrected chi connectivity index (χ0v) is 13.4. The summed E-state index contributed by atoms with van der Waals surface area (Å²) in [6.45, 7) is 1.26. The van der Waals surface area contributed by atoms with Crippen molar-refractivity contribution in [2.24, 2.45) is 0 Å². The van der Waals surface area contributed by atoms with Gasteiger partial charge in [0, 0.05) is 17.4 Å². The molecule has 0 radical (unpaired) electrons. The standard InChI is InChI=1S/C16H18BrNO3/c17-11-6-10-8-16(3-4-16)21-9-13(10)12(7-11)14-2-1-5-18(14)15(19)20/h6-7,14H,1-5,8-9H2,(H,19,20)/t14-/m0/s1. The van der Waals surface area contributed by atoms with Gasteiger partial charge in [-0.1, -0.05) is 15.9 Å². The first-order chi connectivity index (χ1) is 10.1. The third-order valence-electron chi connectivity index (χ3n) is 5.04. The number of likely N-dealkylation sites (tertiary alicyclic amines) is 1. The van der Waals surface area contributed by atoms with Crippen molar-refractivity contribution in [1.82, 2.24) is 4.90 Å². The first kappa shape index (κ1) is 13.6. The van der Waals surface area contributed by atoms with E-state index in [9.17, 15) is 9.90 Å². The van der Waals surface area contributed by atoms with E-state index in [0.717, 1.165) is 42.1 Å². The molecule has 1 saturated heterocycles. The predicted octanol–water partition coefficient (Wildman–Crippen LogP) is 3.87. The van der Waals surface area contributed by atoms with Crippen LogP contribution < -0.4 is 0 Å². The van der Waals surface area contributed by atoms with Gasteiger partial charge in [-0.3, -0.25) is 0 Å². The lowest BCUT2D eigenvalue weighted by molar-refractivity contribution is 0.00709. The molecule has 1 spiro atoms. The number of hydrogen-bond acceptors (Lipinski definition) is 2. The molecule has 3 aliphatic rings. The fourth-order valence-electron chi connectivity index (χ4n) is 3.75. The molecule has 5 heteroatoms. The molecule has 1 aromatic carbocycles. The fraction of sp³-hybridized carbons (Fsp3) is 0.562. The van der Waals surface area contributed by atoms with Crippen LogP contribution in [0.25, 0.3) is 0 Å². The van der Waals surface area contributed by atoms with Crippen molar-refractivity contribution < 1.29 is 14.6 Å². The fourth-order valence-corrected chi connectivity index (χ4v) is 4.27. The van der Waals surface area contributed by atoms with E-state index in [2.05, 4.69) is 28.1 Å². The number of halogens is 1. The number of hydrogen-bond donors (Lipinski definition) is 1. The Bertz CT molecular complexity index is 612. The number of ether oxygens (including phenoxy) is 1. The molecule has 4 rings (SSSR count). The molecular weight excluding hydrogens is 334 g/mol. The van der Waals surface area contributed by atoms with E-state index in [1.54, 1.807) is 4.90 Å². The minimum absolute atomic E-state index is 0.0226. The van der Waals surface area contributed by atoms with Gasteiger partial charge in [0.2, 0.25) is 0 Å². The van der Waals surface area contributed by atoms with E-state index in [4.69, 9.17) is 4.74 Å². The van der Waals surface area contributed by atoms with Gasteiger partial charge >= 0.3 is 6.09 Å². The summed E-state index contributed by atoms with van der Waals surface area (Å²) >= 11 is 3.60. The summed E-state index contributed by atoms with van der Waals surface area (Å²) in [5.41, 5.74) is 3.77. The van der Waals surface area contributed by atoms with Gasteiger partial charge in [0.15, 0.2) is 0 Å². The van der Waals surface area contributed by atoms with E-state index in [1.807, 2.05) is 0 Å². The number of nitrogens with zero attached hydrogens (tertiary/aromatic N) is 1. The Balaban J connectivity index is 1.75. The summed E-state index contributed by atoms with van der Waals surface area (Å²) in [4.78, 5) is 13.0. The first-order valence-electron chi connectivity index (χ1n) is 7.53. The molecule has 1 aliphatic carbocycles. The summed E-state index contributed by atoms with van der Waals surface area (Å²) in [6.07, 6.45) is 4.29. The summed E-state index contributed by atoms with van der Waals surface area (Å²) in [7, 11) is 0. The highest BCUT2D eigenvalue weighted by atomic mass is 79.9. The highest BCUT2D eigenvalue weighted by Crippen LogP contribution is 2.48. The molecule has 1 atom stereocenters. The van der Waals surface area contributed by atoms with Crippen LogP contribution >= 0.6 is 15.9 Å². The van der Waals surface area contributed by atoms with Crippen LogP contribution in [0.2, 0.25) is 0 Å². The Morgan fingerprint density at radius 3 is 2.95 bits per heavy atom. The van der Waals surface area contributed by atoms with E-state index < -0.39 is 6.09 Å². The molecule has 2 fully saturated rings. The van der Waals surface area contributed by atoms with Gasteiger partial charge in [-0.25, -0.2) is 4.79 Å². The Hall–Kier alpha value is -1.07. The normalized spacial score (nSPS) is 26.0. The van der Waals surface area contributed by atoms with Crippen LogP contribution in [0.1, 0.15) is 48.4 Å². The van der Waals surface area contributed by atoms with Crippen LogP contribution in [-0.4, -0.2) is 28.2 Å². The second-order valence-electron chi connectivity index (χ2n) is 6.42. The highest BCUT2D eigenvalue weighted by molar-refractivity contribution is 9.10. The maximum atomic E-state index is 11.4. The zero-order chi connectivity index (χ0) is 14.6. The summed E-state index contributed by atoms with van der Waals surface area (Å²) < 4.78 is 7.10. The Morgan fingerprint density at radius 2 is 2.24 bits per heavy atom. The van der Waals surface area contributed by atoms with Crippen molar-refractivity contribution in [3.8, 4) is 0 Å². The lowest BCUT2D eigenvalue weighted by Crippen LogP contribution is -2.31. The quantitative estimate of drug-likeness (QED) is 0.835. The zero-order valence-electron chi connectivity index (χ0n) is 11.8. The second-order valence-corrected chi connectivity index (χ2v) is 7.33. The molecule has 21 heavy (non-hydrogen) atoms. The molecule has 2 heterocycles. The van der Waals surface area contributed by atoms with E-state index in [0.29, 0.717) is 13.2 Å². The van der Waals surface area contributed by atoms with Crippen LogP contribution in [0.4, 0.5) is 4.79 Å². The van der Waals surface area contributed by atoms with Crippen LogP contribution in [0.5, 0.6) is 0 Å². The van der Waals surface area contributed by atoms with Crippen molar-refractivity contribution in [3.63, 3.8) is 0 Å². The third-order valence-corrected chi connectivity index (χ3v) is 5.50. The topological polar surface area (TPSA) is 49.8 Å². The van der Waals surface area contributed by atoms with Gasteiger partial charge in [-0.05, 0) is 54.5 Å². The summed E-state index contributed by atoms with van der Waals surface area (Å²) in [5.74, 6) is 0. The average molecular weight is 352 g/mol. The number of carboxylic acid groups (broad SMARTS) is 1. The van der Waals surface area contributed by atoms with Gasteiger partial charge in [-0.15, -0.1) is 0 Å². The van der Waals surface area contributed by atoms with Crippen molar-refractivity contribution in [3.05, 3.63) is 33.3 Å². The number of rotatable bonds is 1. The monoisotopic (exact) mass is 351 g/mol. The third kappa shape index (κ3) is 2.27. The predicted molar refractivity (Wildman–Crippen MR) is 81.3 cm³/mol. The minimum Gasteiger partial charge on any atom is -0.465 e. The summed E-state index contributed by atoms with van der Waals surface area (Å²) in [5, 5.41) is 9.39. The minimum atomic E-state index is -0.818. The van der Waals surface area contributed by atoms with Gasteiger partial charge in [-0.2, -0.15) is 0 Å². The molecule has 4 nitrogen and oxygen atoms in total. The first-order valence-corrected chi connectivity index (χ1v) is 8.32. The summed E-state index contributed by atoms with van der Waals surface area (Å²) in [6, 6.07) is 4.24. The van der Waals surface area contributed by atoms with E-state index >= 15 is 0 Å². The molecule has 0 aromatic heterocycles. The molecule has 1 aromatic rings. The van der Waals surface area contributed by atoms with Crippen LogP contribution in [0, 0.1) is 0 Å². The molecule has 0 bridgehead atoms. The molecule has 1 saturated carbocycles.